The second kappa shape index (κ2) is 7.09. The Kier molecular flexibility index (Phi) is 4.45. The van der Waals surface area contributed by atoms with Crippen molar-refractivity contribution in [1.82, 2.24) is 0 Å². The molecule has 0 radical (unpaired) electrons. The van der Waals surface area contributed by atoms with E-state index in [0.29, 0.717) is 17.3 Å². The van der Waals surface area contributed by atoms with Crippen LogP contribution in [0.25, 0.3) is 28.5 Å². The van der Waals surface area contributed by atoms with Gasteiger partial charge >= 0.3 is 0 Å². The van der Waals surface area contributed by atoms with Gasteiger partial charge in [-0.05, 0) is 68.3 Å². The molecule has 0 unspecified atom stereocenters. The van der Waals surface area contributed by atoms with Crippen molar-refractivity contribution in [3.05, 3.63) is 71.3 Å². The second-order valence-corrected chi connectivity index (χ2v) is 8.78. The molecule has 32 heavy (non-hydrogen) atoms. The first-order chi connectivity index (χ1) is 15.3. The molecule has 0 saturated heterocycles. The van der Waals surface area contributed by atoms with E-state index < -0.39 is 0 Å². The highest BCUT2D eigenvalue weighted by molar-refractivity contribution is 6.02. The summed E-state index contributed by atoms with van der Waals surface area (Å²) in [5, 5.41) is 24.0. The predicted molar refractivity (Wildman–Crippen MR) is 128 cm³/mol. The van der Waals surface area contributed by atoms with Crippen LogP contribution in [0.1, 0.15) is 37.5 Å². The van der Waals surface area contributed by atoms with E-state index in [2.05, 4.69) is 38.2 Å². The van der Waals surface area contributed by atoms with Gasteiger partial charge in [0.15, 0.2) is 11.5 Å². The van der Waals surface area contributed by atoms with Gasteiger partial charge in [-0.25, -0.2) is 0 Å². The standard InChI is InChI=1S/C27H25NO4/c1-15-14-27(2,3)28-19-9-8-18-24(23(15)19)22(13-16-6-5-7-17(29)12-16)32-21-11-10-20(30)26(31-4)25(18)21/h5-14,28-30H,1-4H3/b22-13-. The third-order valence-electron chi connectivity index (χ3n) is 5.84. The number of nitrogens with one attached hydrogen (secondary N) is 1. The lowest BCUT2D eigenvalue weighted by Crippen LogP contribution is -2.32. The summed E-state index contributed by atoms with van der Waals surface area (Å²) in [6.07, 6.45) is 4.13. The minimum atomic E-state index is -0.177. The van der Waals surface area contributed by atoms with Crippen molar-refractivity contribution < 1.29 is 19.7 Å². The predicted octanol–water partition coefficient (Wildman–Crippen LogP) is 6.27. The molecule has 5 nitrogen and oxygen atoms in total. The van der Waals surface area contributed by atoms with Crippen LogP contribution in [-0.2, 0) is 0 Å². The maximum Gasteiger partial charge on any atom is 0.172 e. The number of allylic oxidation sites excluding steroid dienone is 1. The molecule has 3 aromatic rings. The van der Waals surface area contributed by atoms with Crippen LogP contribution in [0.15, 0.2) is 54.6 Å². The molecule has 0 aromatic heterocycles. The van der Waals surface area contributed by atoms with Gasteiger partial charge in [0, 0.05) is 22.4 Å². The summed E-state index contributed by atoms with van der Waals surface area (Å²) in [6.45, 7) is 6.37. The molecule has 0 fully saturated rings. The average Bonchev–Trinajstić information content (AvgIpc) is 2.72. The number of aromatic hydroxyl groups is 2. The van der Waals surface area contributed by atoms with Crippen LogP contribution in [0, 0.1) is 0 Å². The third-order valence-corrected chi connectivity index (χ3v) is 5.84. The van der Waals surface area contributed by atoms with Crippen LogP contribution in [-0.4, -0.2) is 22.9 Å². The molecule has 0 amide bonds. The molecule has 5 heteroatoms. The fourth-order valence-corrected chi connectivity index (χ4v) is 4.71. The minimum absolute atomic E-state index is 0.0606. The topological polar surface area (TPSA) is 71.0 Å². The zero-order valence-corrected chi connectivity index (χ0v) is 18.5. The van der Waals surface area contributed by atoms with Gasteiger partial charge in [-0.3, -0.25) is 0 Å². The number of hydrogen-bond donors (Lipinski definition) is 3. The van der Waals surface area contributed by atoms with Crippen LogP contribution in [0.2, 0.25) is 0 Å². The van der Waals surface area contributed by atoms with E-state index in [0.717, 1.165) is 39.1 Å². The molecule has 0 spiro atoms. The lowest BCUT2D eigenvalue weighted by atomic mass is 9.83. The normalized spacial score (nSPS) is 16.8. The lowest BCUT2D eigenvalue weighted by molar-refractivity contribution is 0.371. The zero-order chi connectivity index (χ0) is 22.6. The Morgan fingerprint density at radius 3 is 2.56 bits per heavy atom. The van der Waals surface area contributed by atoms with Gasteiger partial charge in [0.1, 0.15) is 17.3 Å². The summed E-state index contributed by atoms with van der Waals surface area (Å²) in [5.41, 5.74) is 6.39. The molecule has 3 aromatic carbocycles. The second-order valence-electron chi connectivity index (χ2n) is 8.78. The molecular formula is C27H25NO4. The van der Waals surface area contributed by atoms with Crippen LogP contribution < -0.4 is 14.8 Å². The first-order valence-electron chi connectivity index (χ1n) is 10.5. The SMILES string of the molecule is COc1c(O)ccc2c1-c1ccc3c(c1/C(=C/c1cccc(O)c1)O2)C(C)=CC(C)(C)N3. The number of phenolic OH excluding ortho intramolecular Hbond substituents is 2. The van der Waals surface area contributed by atoms with E-state index >= 15 is 0 Å². The van der Waals surface area contributed by atoms with Gasteiger partial charge < -0.3 is 25.0 Å². The number of ether oxygens (including phenoxy) is 2. The highest BCUT2D eigenvalue weighted by Gasteiger charge is 2.33. The monoisotopic (exact) mass is 427 g/mol. The summed E-state index contributed by atoms with van der Waals surface area (Å²) in [5.74, 6) is 1.90. The van der Waals surface area contributed by atoms with Gasteiger partial charge in [-0.2, -0.15) is 0 Å². The number of benzene rings is 3. The number of fused-ring (bicyclic) bond motifs is 5. The van der Waals surface area contributed by atoms with Crippen LogP contribution >= 0.6 is 0 Å². The van der Waals surface area contributed by atoms with Crippen molar-refractivity contribution in [1.29, 1.82) is 0 Å². The van der Waals surface area contributed by atoms with Crippen molar-refractivity contribution in [2.75, 3.05) is 12.4 Å². The quantitative estimate of drug-likeness (QED) is 0.450. The number of rotatable bonds is 2. The summed E-state index contributed by atoms with van der Waals surface area (Å²) in [7, 11) is 1.54. The zero-order valence-electron chi connectivity index (χ0n) is 18.5. The fraction of sp³-hybridized carbons (Fsp3) is 0.185. The van der Waals surface area contributed by atoms with Crippen molar-refractivity contribution in [3.63, 3.8) is 0 Å². The molecule has 0 saturated carbocycles. The minimum Gasteiger partial charge on any atom is -0.508 e. The molecule has 0 bridgehead atoms. The van der Waals surface area contributed by atoms with Gasteiger partial charge in [0.2, 0.25) is 0 Å². The van der Waals surface area contributed by atoms with Crippen molar-refractivity contribution in [2.24, 2.45) is 0 Å². The van der Waals surface area contributed by atoms with Crippen molar-refractivity contribution in [2.45, 2.75) is 26.3 Å². The Morgan fingerprint density at radius 2 is 1.81 bits per heavy atom. The number of anilines is 1. The molecular weight excluding hydrogens is 402 g/mol. The molecule has 2 aliphatic heterocycles. The Labute approximate surface area is 187 Å². The smallest absolute Gasteiger partial charge is 0.172 e. The maximum atomic E-state index is 10.4. The van der Waals surface area contributed by atoms with E-state index in [1.807, 2.05) is 18.2 Å². The molecule has 162 valence electrons. The summed E-state index contributed by atoms with van der Waals surface area (Å²) >= 11 is 0. The summed E-state index contributed by atoms with van der Waals surface area (Å²) in [6, 6.07) is 14.5. The van der Waals surface area contributed by atoms with Gasteiger partial charge in [0.05, 0.1) is 18.2 Å². The van der Waals surface area contributed by atoms with Gasteiger partial charge in [-0.15, -0.1) is 0 Å². The lowest BCUT2D eigenvalue weighted by Gasteiger charge is -2.35. The third kappa shape index (κ3) is 3.17. The van der Waals surface area contributed by atoms with E-state index in [1.54, 1.807) is 37.4 Å². The van der Waals surface area contributed by atoms with E-state index in [-0.39, 0.29) is 17.0 Å². The van der Waals surface area contributed by atoms with Gasteiger partial charge in [0.25, 0.3) is 0 Å². The molecule has 5 rings (SSSR count). The number of methoxy groups -OCH3 is 1. The number of phenols is 2. The molecule has 2 aliphatic rings. The molecule has 0 aliphatic carbocycles. The summed E-state index contributed by atoms with van der Waals surface area (Å²) in [4.78, 5) is 0. The Bertz CT molecular complexity index is 1320. The maximum absolute atomic E-state index is 10.4. The van der Waals surface area contributed by atoms with Crippen molar-refractivity contribution >= 4 is 23.1 Å². The van der Waals surface area contributed by atoms with Gasteiger partial charge in [-0.1, -0.05) is 24.3 Å². The molecule has 0 atom stereocenters. The van der Waals surface area contributed by atoms with E-state index in [4.69, 9.17) is 9.47 Å². The van der Waals surface area contributed by atoms with Crippen LogP contribution in [0.5, 0.6) is 23.0 Å². The Morgan fingerprint density at radius 1 is 1.00 bits per heavy atom. The Hall–Kier alpha value is -3.86. The number of hydrogen-bond acceptors (Lipinski definition) is 5. The fourth-order valence-electron chi connectivity index (χ4n) is 4.71. The van der Waals surface area contributed by atoms with Crippen LogP contribution in [0.4, 0.5) is 5.69 Å². The van der Waals surface area contributed by atoms with Crippen LogP contribution in [0.3, 0.4) is 0 Å². The molecule has 3 N–H and O–H groups in total. The first-order valence-corrected chi connectivity index (χ1v) is 10.5. The average molecular weight is 428 g/mol. The van der Waals surface area contributed by atoms with Crippen molar-refractivity contribution in [3.8, 4) is 34.1 Å². The van der Waals surface area contributed by atoms with E-state index in [9.17, 15) is 10.2 Å². The first kappa shape index (κ1) is 20.1. The largest absolute Gasteiger partial charge is 0.508 e. The summed E-state index contributed by atoms with van der Waals surface area (Å²) < 4.78 is 12.0. The highest BCUT2D eigenvalue weighted by atomic mass is 16.5. The molecule has 2 heterocycles. The highest BCUT2D eigenvalue weighted by Crippen LogP contribution is 2.54. The Balaban J connectivity index is 1.84. The van der Waals surface area contributed by atoms with E-state index in [1.165, 1.54) is 0 Å².